The molecule has 32 heavy (non-hydrogen) atoms. The molecule has 5 nitrogen and oxygen atoms in total. The van der Waals surface area contributed by atoms with E-state index in [0.29, 0.717) is 31.1 Å². The van der Waals surface area contributed by atoms with Crippen molar-refractivity contribution in [1.82, 2.24) is 9.21 Å². The van der Waals surface area contributed by atoms with E-state index in [4.69, 9.17) is 4.74 Å². The zero-order valence-corrected chi connectivity index (χ0v) is 18.9. The Morgan fingerprint density at radius 2 is 1.59 bits per heavy atom. The molecule has 0 unspecified atom stereocenters. The monoisotopic (exact) mass is 454 g/mol. The normalized spacial score (nSPS) is 15.9. The van der Waals surface area contributed by atoms with E-state index in [1.54, 1.807) is 22.5 Å². The first-order chi connectivity index (χ1) is 15.5. The second kappa shape index (κ2) is 9.81. The van der Waals surface area contributed by atoms with Gasteiger partial charge < -0.3 is 4.74 Å². The fraction of sp³-hybridized carbons (Fsp3) is 0.280. The Balaban J connectivity index is 1.42. The molecule has 0 amide bonds. The molecule has 4 rings (SSSR count). The van der Waals surface area contributed by atoms with Crippen LogP contribution in [0.15, 0.2) is 77.7 Å². The van der Waals surface area contributed by atoms with Crippen LogP contribution in [-0.4, -0.2) is 50.9 Å². The number of ether oxygens (including phenoxy) is 1. The molecule has 0 atom stereocenters. The quantitative estimate of drug-likeness (QED) is 0.554. The number of rotatable bonds is 6. The average Bonchev–Trinajstić information content (AvgIpc) is 3.06. The summed E-state index contributed by atoms with van der Waals surface area (Å²) in [6.45, 7) is 2.79. The summed E-state index contributed by atoms with van der Waals surface area (Å²) in [6, 6.07) is 21.9. The van der Waals surface area contributed by atoms with Gasteiger partial charge in [-0.2, -0.15) is 4.31 Å². The number of hydrogen-bond acceptors (Lipinski definition) is 4. The van der Waals surface area contributed by atoms with Crippen molar-refractivity contribution >= 4 is 10.0 Å². The molecule has 0 bridgehead atoms. The van der Waals surface area contributed by atoms with Crippen molar-refractivity contribution in [3.63, 3.8) is 0 Å². The van der Waals surface area contributed by atoms with Crippen molar-refractivity contribution < 1.29 is 17.5 Å². The molecule has 3 aromatic rings. The molecule has 0 aliphatic carbocycles. The second-order valence-electron chi connectivity index (χ2n) is 7.89. The minimum Gasteiger partial charge on any atom is -0.494 e. The summed E-state index contributed by atoms with van der Waals surface area (Å²) in [5, 5.41) is 0. The predicted molar refractivity (Wildman–Crippen MR) is 123 cm³/mol. The Bertz CT molecular complexity index is 1150. The highest BCUT2D eigenvalue weighted by atomic mass is 32.2. The molecule has 7 heteroatoms. The highest BCUT2D eigenvalue weighted by Gasteiger charge is 2.27. The lowest BCUT2D eigenvalue weighted by Gasteiger charge is -2.22. The number of sulfonamides is 1. The van der Waals surface area contributed by atoms with Crippen LogP contribution in [0.5, 0.6) is 5.75 Å². The van der Waals surface area contributed by atoms with Gasteiger partial charge in [0.05, 0.1) is 12.0 Å². The van der Waals surface area contributed by atoms with Gasteiger partial charge in [0.25, 0.3) is 0 Å². The Morgan fingerprint density at radius 3 is 2.28 bits per heavy atom. The molecule has 1 aliphatic rings. The fourth-order valence-corrected chi connectivity index (χ4v) is 5.48. The number of halogens is 1. The summed E-state index contributed by atoms with van der Waals surface area (Å²) in [7, 11) is -2.12. The number of hydrogen-bond donors (Lipinski definition) is 0. The SMILES string of the molecule is COc1ccc(CN2CCCN(S(=O)(=O)c3ccc(-c4ccccc4)cc3)CC2)cc1F. The van der Waals surface area contributed by atoms with Crippen LogP contribution in [0.1, 0.15) is 12.0 Å². The van der Waals surface area contributed by atoms with Gasteiger partial charge >= 0.3 is 0 Å². The lowest BCUT2D eigenvalue weighted by molar-refractivity contribution is 0.278. The summed E-state index contributed by atoms with van der Waals surface area (Å²) in [5.74, 6) is -0.164. The molecule has 1 heterocycles. The van der Waals surface area contributed by atoms with Gasteiger partial charge in [-0.25, -0.2) is 12.8 Å². The largest absolute Gasteiger partial charge is 0.494 e. The Labute approximate surface area is 189 Å². The third-order valence-corrected chi connectivity index (χ3v) is 7.68. The van der Waals surface area contributed by atoms with Crippen LogP contribution in [0.2, 0.25) is 0 Å². The summed E-state index contributed by atoms with van der Waals surface area (Å²) >= 11 is 0. The zero-order chi connectivity index (χ0) is 22.6. The van der Waals surface area contributed by atoms with E-state index in [2.05, 4.69) is 4.90 Å². The average molecular weight is 455 g/mol. The molecule has 0 saturated carbocycles. The van der Waals surface area contributed by atoms with Crippen LogP contribution >= 0.6 is 0 Å². The Kier molecular flexibility index (Phi) is 6.89. The minimum absolute atomic E-state index is 0.222. The topological polar surface area (TPSA) is 49.9 Å². The van der Waals surface area contributed by atoms with Crippen molar-refractivity contribution in [3.05, 3.63) is 84.2 Å². The van der Waals surface area contributed by atoms with Crippen LogP contribution in [0.3, 0.4) is 0 Å². The number of methoxy groups -OCH3 is 1. The molecule has 1 fully saturated rings. The fourth-order valence-electron chi connectivity index (χ4n) is 4.01. The van der Waals surface area contributed by atoms with Crippen molar-refractivity contribution in [3.8, 4) is 16.9 Å². The van der Waals surface area contributed by atoms with E-state index in [-0.39, 0.29) is 11.6 Å². The van der Waals surface area contributed by atoms with Crippen LogP contribution in [0.25, 0.3) is 11.1 Å². The van der Waals surface area contributed by atoms with Gasteiger partial charge in [-0.3, -0.25) is 4.90 Å². The van der Waals surface area contributed by atoms with Crippen LogP contribution < -0.4 is 4.74 Å². The smallest absolute Gasteiger partial charge is 0.243 e. The molecular weight excluding hydrogens is 427 g/mol. The van der Waals surface area contributed by atoms with Gasteiger partial charge in [0.1, 0.15) is 0 Å². The lowest BCUT2D eigenvalue weighted by Crippen LogP contribution is -2.35. The van der Waals surface area contributed by atoms with Gasteiger partial charge in [0.15, 0.2) is 11.6 Å². The van der Waals surface area contributed by atoms with E-state index in [1.165, 1.54) is 13.2 Å². The summed E-state index contributed by atoms with van der Waals surface area (Å²) in [5.41, 5.74) is 2.88. The van der Waals surface area contributed by atoms with Gasteiger partial charge in [0, 0.05) is 26.2 Å². The van der Waals surface area contributed by atoms with Crippen molar-refractivity contribution in [2.45, 2.75) is 17.9 Å². The molecule has 0 N–H and O–H groups in total. The highest BCUT2D eigenvalue weighted by Crippen LogP contribution is 2.24. The lowest BCUT2D eigenvalue weighted by atomic mass is 10.1. The minimum atomic E-state index is -3.57. The first kappa shape index (κ1) is 22.5. The van der Waals surface area contributed by atoms with Crippen molar-refractivity contribution in [1.29, 1.82) is 0 Å². The molecule has 1 saturated heterocycles. The zero-order valence-electron chi connectivity index (χ0n) is 18.1. The van der Waals surface area contributed by atoms with Crippen LogP contribution in [0, 0.1) is 5.82 Å². The second-order valence-corrected chi connectivity index (χ2v) is 9.83. The molecule has 0 aromatic heterocycles. The van der Waals surface area contributed by atoms with Gasteiger partial charge in [-0.15, -0.1) is 0 Å². The van der Waals surface area contributed by atoms with Crippen LogP contribution in [-0.2, 0) is 16.6 Å². The molecule has 1 aliphatic heterocycles. The summed E-state index contributed by atoms with van der Waals surface area (Å²) in [6.07, 6.45) is 0.722. The van der Waals surface area contributed by atoms with E-state index >= 15 is 0 Å². The predicted octanol–water partition coefficient (Wildman–Crippen LogP) is 4.40. The highest BCUT2D eigenvalue weighted by molar-refractivity contribution is 7.89. The maximum atomic E-state index is 14.0. The van der Waals surface area contributed by atoms with Gasteiger partial charge in [-0.1, -0.05) is 48.5 Å². The van der Waals surface area contributed by atoms with Gasteiger partial charge in [-0.05, 0) is 53.9 Å². The summed E-state index contributed by atoms with van der Waals surface area (Å²) in [4.78, 5) is 2.47. The first-order valence-electron chi connectivity index (χ1n) is 10.7. The molecule has 168 valence electrons. The third-order valence-electron chi connectivity index (χ3n) is 5.77. The van der Waals surface area contributed by atoms with E-state index < -0.39 is 10.0 Å². The molecule has 0 radical (unpaired) electrons. The van der Waals surface area contributed by atoms with Gasteiger partial charge in [0.2, 0.25) is 10.0 Å². The van der Waals surface area contributed by atoms with Crippen LogP contribution in [0.4, 0.5) is 4.39 Å². The van der Waals surface area contributed by atoms with E-state index in [9.17, 15) is 12.8 Å². The maximum Gasteiger partial charge on any atom is 0.243 e. The molecule has 0 spiro atoms. The maximum absolute atomic E-state index is 14.0. The molecule has 3 aromatic carbocycles. The number of benzene rings is 3. The van der Waals surface area contributed by atoms with E-state index in [1.807, 2.05) is 48.5 Å². The number of nitrogens with zero attached hydrogens (tertiary/aromatic N) is 2. The van der Waals surface area contributed by atoms with Crippen molar-refractivity contribution in [2.24, 2.45) is 0 Å². The molecular formula is C25H27FN2O3S. The standard InChI is InChI=1S/C25H27FN2O3S/c1-31-25-13-8-20(18-24(25)26)19-27-14-5-15-28(17-16-27)32(29,30)23-11-9-22(10-12-23)21-6-3-2-4-7-21/h2-4,6-13,18H,5,14-17,19H2,1H3. The van der Waals surface area contributed by atoms with E-state index in [0.717, 1.165) is 29.7 Å². The third kappa shape index (κ3) is 5.01. The Hall–Kier alpha value is -2.74. The summed E-state index contributed by atoms with van der Waals surface area (Å²) < 4.78 is 46.9. The first-order valence-corrected chi connectivity index (χ1v) is 12.1. The van der Waals surface area contributed by atoms with Crippen molar-refractivity contribution in [2.75, 3.05) is 33.3 Å². The Morgan fingerprint density at radius 1 is 0.875 bits per heavy atom.